The summed E-state index contributed by atoms with van der Waals surface area (Å²) in [7, 11) is 2.10. The minimum Gasteiger partial charge on any atom is -0.348 e. The van der Waals surface area contributed by atoms with Crippen molar-refractivity contribution in [3.05, 3.63) is 34.9 Å². The van der Waals surface area contributed by atoms with Gasteiger partial charge in [0, 0.05) is 18.1 Å². The Labute approximate surface area is 136 Å². The van der Waals surface area contributed by atoms with E-state index >= 15 is 0 Å². The number of hydrogen-bond donors (Lipinski definition) is 2. The summed E-state index contributed by atoms with van der Waals surface area (Å²) in [6.07, 6.45) is 2.12. The van der Waals surface area contributed by atoms with Crippen molar-refractivity contribution in [2.45, 2.75) is 19.4 Å². The molecule has 2 rings (SSSR count). The van der Waals surface area contributed by atoms with Gasteiger partial charge in [-0.1, -0.05) is 23.7 Å². The second kappa shape index (κ2) is 8.15. The number of likely N-dealkylation sites (tertiary alicyclic amines) is 1. The van der Waals surface area contributed by atoms with Gasteiger partial charge in [0.25, 0.3) is 0 Å². The molecule has 120 valence electrons. The van der Waals surface area contributed by atoms with Crippen molar-refractivity contribution in [1.29, 1.82) is 0 Å². The number of benzene rings is 1. The molecule has 1 aromatic carbocycles. The van der Waals surface area contributed by atoms with Crippen LogP contribution in [0.2, 0.25) is 5.02 Å². The van der Waals surface area contributed by atoms with E-state index in [1.807, 2.05) is 12.1 Å². The first kappa shape index (κ1) is 16.8. The molecular weight excluding hydrogens is 302 g/mol. The van der Waals surface area contributed by atoms with Crippen LogP contribution >= 0.6 is 11.6 Å². The van der Waals surface area contributed by atoms with Crippen LogP contribution in [0.25, 0.3) is 0 Å². The highest BCUT2D eigenvalue weighted by Crippen LogP contribution is 2.14. The van der Waals surface area contributed by atoms with Crippen molar-refractivity contribution in [3.63, 3.8) is 0 Å². The molecular formula is C16H22ClN3O2. The Bertz CT molecular complexity index is 511. The molecule has 0 bridgehead atoms. The van der Waals surface area contributed by atoms with E-state index < -0.39 is 11.8 Å². The van der Waals surface area contributed by atoms with Gasteiger partial charge in [-0.25, -0.2) is 0 Å². The summed E-state index contributed by atoms with van der Waals surface area (Å²) >= 11 is 5.79. The first-order valence-electron chi connectivity index (χ1n) is 7.53. The fraction of sp³-hybridized carbons (Fsp3) is 0.500. The summed E-state index contributed by atoms with van der Waals surface area (Å²) in [5, 5.41) is 5.98. The van der Waals surface area contributed by atoms with E-state index in [0.717, 1.165) is 31.5 Å². The molecule has 0 aliphatic carbocycles. The van der Waals surface area contributed by atoms with Gasteiger partial charge >= 0.3 is 11.8 Å². The van der Waals surface area contributed by atoms with Crippen LogP contribution in [0.1, 0.15) is 18.4 Å². The van der Waals surface area contributed by atoms with Gasteiger partial charge in [0.1, 0.15) is 0 Å². The van der Waals surface area contributed by atoms with Gasteiger partial charge in [-0.05, 0) is 56.6 Å². The van der Waals surface area contributed by atoms with Gasteiger partial charge in [0.05, 0.1) is 0 Å². The fourth-order valence-electron chi connectivity index (χ4n) is 2.45. The number of carbonyl (C=O) groups is 2. The standard InChI is InChI=1S/C16H22ClN3O2/c1-20-8-6-13(7-9-20)11-19-16(22)15(21)18-10-12-2-4-14(17)5-3-12/h2-5,13H,6-11H2,1H3,(H,18,21)(H,19,22). The number of piperidine rings is 1. The number of nitrogens with one attached hydrogen (secondary N) is 2. The van der Waals surface area contributed by atoms with Crippen LogP contribution in [0.4, 0.5) is 0 Å². The molecule has 1 heterocycles. The summed E-state index contributed by atoms with van der Waals surface area (Å²) in [4.78, 5) is 25.8. The number of carbonyl (C=O) groups excluding carboxylic acids is 2. The predicted molar refractivity (Wildman–Crippen MR) is 86.5 cm³/mol. The third-order valence-electron chi connectivity index (χ3n) is 3.96. The molecule has 2 N–H and O–H groups in total. The normalized spacial score (nSPS) is 16.3. The van der Waals surface area contributed by atoms with E-state index in [1.54, 1.807) is 12.1 Å². The lowest BCUT2D eigenvalue weighted by atomic mass is 9.97. The average Bonchev–Trinajstić information content (AvgIpc) is 2.53. The van der Waals surface area contributed by atoms with Crippen molar-refractivity contribution in [1.82, 2.24) is 15.5 Å². The topological polar surface area (TPSA) is 61.4 Å². The maximum absolute atomic E-state index is 11.8. The summed E-state index contributed by atoms with van der Waals surface area (Å²) in [5.74, 6) is -0.694. The molecule has 6 heteroatoms. The van der Waals surface area contributed by atoms with Gasteiger partial charge in [0.2, 0.25) is 0 Å². The van der Waals surface area contributed by atoms with Gasteiger partial charge in [-0.3, -0.25) is 9.59 Å². The molecule has 0 spiro atoms. The summed E-state index contributed by atoms with van der Waals surface area (Å²) in [6.45, 7) is 2.98. The second-order valence-electron chi connectivity index (χ2n) is 5.77. The van der Waals surface area contributed by atoms with Crippen molar-refractivity contribution >= 4 is 23.4 Å². The van der Waals surface area contributed by atoms with Crippen LogP contribution in [0, 0.1) is 5.92 Å². The lowest BCUT2D eigenvalue weighted by molar-refractivity contribution is -0.139. The molecule has 1 aliphatic heterocycles. The third kappa shape index (κ3) is 5.31. The Morgan fingerprint density at radius 2 is 1.73 bits per heavy atom. The number of amides is 2. The van der Waals surface area contributed by atoms with Crippen molar-refractivity contribution in [3.8, 4) is 0 Å². The SMILES string of the molecule is CN1CCC(CNC(=O)C(=O)NCc2ccc(Cl)cc2)CC1. The van der Waals surface area contributed by atoms with Crippen molar-refractivity contribution in [2.75, 3.05) is 26.7 Å². The van der Waals surface area contributed by atoms with E-state index in [2.05, 4.69) is 22.6 Å². The summed E-state index contributed by atoms with van der Waals surface area (Å²) in [5.41, 5.74) is 0.904. The highest BCUT2D eigenvalue weighted by Gasteiger charge is 2.19. The Balaban J connectivity index is 1.68. The molecule has 1 fully saturated rings. The van der Waals surface area contributed by atoms with Crippen LogP contribution < -0.4 is 10.6 Å². The summed E-state index contributed by atoms with van der Waals surface area (Å²) < 4.78 is 0. The number of halogens is 1. The van der Waals surface area contributed by atoms with Crippen LogP contribution in [0.5, 0.6) is 0 Å². The van der Waals surface area contributed by atoms with E-state index in [1.165, 1.54) is 0 Å². The van der Waals surface area contributed by atoms with Crippen LogP contribution in [0.15, 0.2) is 24.3 Å². The van der Waals surface area contributed by atoms with Gasteiger partial charge < -0.3 is 15.5 Å². The first-order valence-corrected chi connectivity index (χ1v) is 7.91. The molecule has 2 amide bonds. The largest absolute Gasteiger partial charge is 0.348 e. The molecule has 1 aromatic rings. The smallest absolute Gasteiger partial charge is 0.309 e. The third-order valence-corrected chi connectivity index (χ3v) is 4.21. The highest BCUT2D eigenvalue weighted by atomic mass is 35.5. The molecule has 1 aliphatic rings. The van der Waals surface area contributed by atoms with Crippen LogP contribution in [-0.2, 0) is 16.1 Å². The van der Waals surface area contributed by atoms with Crippen molar-refractivity contribution < 1.29 is 9.59 Å². The molecule has 5 nitrogen and oxygen atoms in total. The molecule has 0 radical (unpaired) electrons. The maximum Gasteiger partial charge on any atom is 0.309 e. The highest BCUT2D eigenvalue weighted by molar-refractivity contribution is 6.35. The van der Waals surface area contributed by atoms with Crippen LogP contribution in [-0.4, -0.2) is 43.4 Å². The molecule has 0 atom stereocenters. The Kier molecular flexibility index (Phi) is 6.21. The monoisotopic (exact) mass is 323 g/mol. The zero-order valence-corrected chi connectivity index (χ0v) is 13.5. The lowest BCUT2D eigenvalue weighted by Gasteiger charge is -2.28. The van der Waals surface area contributed by atoms with E-state index in [-0.39, 0.29) is 0 Å². The van der Waals surface area contributed by atoms with Gasteiger partial charge in [0.15, 0.2) is 0 Å². The van der Waals surface area contributed by atoms with Crippen molar-refractivity contribution in [2.24, 2.45) is 5.92 Å². The Morgan fingerprint density at radius 1 is 1.14 bits per heavy atom. The zero-order valence-electron chi connectivity index (χ0n) is 12.8. The minimum atomic E-state index is -0.595. The molecule has 0 unspecified atom stereocenters. The minimum absolute atomic E-state index is 0.317. The second-order valence-corrected chi connectivity index (χ2v) is 6.20. The molecule has 1 saturated heterocycles. The van der Waals surface area contributed by atoms with Gasteiger partial charge in [-0.15, -0.1) is 0 Å². The molecule has 0 aromatic heterocycles. The van der Waals surface area contributed by atoms with E-state index in [4.69, 9.17) is 11.6 Å². The predicted octanol–water partition coefficient (Wildman–Crippen LogP) is 1.41. The Hall–Kier alpha value is -1.59. The first-order chi connectivity index (χ1) is 10.5. The van der Waals surface area contributed by atoms with Crippen LogP contribution in [0.3, 0.4) is 0 Å². The summed E-state index contributed by atoms with van der Waals surface area (Å²) in [6, 6.07) is 7.14. The van der Waals surface area contributed by atoms with E-state index in [0.29, 0.717) is 24.0 Å². The Morgan fingerprint density at radius 3 is 2.36 bits per heavy atom. The quantitative estimate of drug-likeness (QED) is 0.824. The lowest BCUT2D eigenvalue weighted by Crippen LogP contribution is -2.43. The number of hydrogen-bond acceptors (Lipinski definition) is 3. The number of rotatable bonds is 4. The molecule has 0 saturated carbocycles. The zero-order chi connectivity index (χ0) is 15.9. The maximum atomic E-state index is 11.8. The number of nitrogens with zero attached hydrogens (tertiary/aromatic N) is 1. The fourth-order valence-corrected chi connectivity index (χ4v) is 2.57. The van der Waals surface area contributed by atoms with Gasteiger partial charge in [-0.2, -0.15) is 0 Å². The average molecular weight is 324 g/mol. The molecule has 22 heavy (non-hydrogen) atoms. The van der Waals surface area contributed by atoms with E-state index in [9.17, 15) is 9.59 Å².